The Bertz CT molecular complexity index is 3450. The molecule has 0 bridgehead atoms. The molecule has 50 heavy (non-hydrogen) atoms. The van der Waals surface area contributed by atoms with Gasteiger partial charge in [0.1, 0.15) is 22.3 Å². The van der Waals surface area contributed by atoms with E-state index < -0.39 is 66.0 Å². The molecule has 8 aromatic carbocycles. The van der Waals surface area contributed by atoms with E-state index in [1.54, 1.807) is 0 Å². The molecule has 0 radical (unpaired) electrons. The van der Waals surface area contributed by atoms with Gasteiger partial charge in [-0.3, -0.25) is 0 Å². The monoisotopic (exact) mass is 649 g/mol. The van der Waals surface area contributed by atoms with Gasteiger partial charge in [0.05, 0.1) is 15.1 Å². The third kappa shape index (κ3) is 4.81. The summed E-state index contributed by atoms with van der Waals surface area (Å²) in [5, 5.41) is 1.89. The molecular weight excluding hydrogens is 609 g/mol. The Hall–Kier alpha value is -6.64. The minimum Gasteiger partial charge on any atom is -0.456 e. The largest absolute Gasteiger partial charge is 0.456 e. The van der Waals surface area contributed by atoms with Crippen molar-refractivity contribution in [3.05, 3.63) is 182 Å². The van der Waals surface area contributed by atoms with E-state index in [4.69, 9.17) is 21.2 Å². The molecule has 0 fully saturated rings. The summed E-state index contributed by atoms with van der Waals surface area (Å²) >= 11 is 0. The summed E-state index contributed by atoms with van der Waals surface area (Å²) in [5.41, 5.74) is 5.88. The number of fused-ring (bicyclic) bond motifs is 6. The van der Waals surface area contributed by atoms with Crippen LogP contribution in [0.2, 0.25) is 0 Å². The Balaban J connectivity index is 1.28. The Kier molecular flexibility index (Phi) is 4.46. The molecule has 2 heterocycles. The molecule has 10 rings (SSSR count). The second-order valence-corrected chi connectivity index (χ2v) is 12.1. The van der Waals surface area contributed by atoms with Crippen LogP contribution in [0.1, 0.15) is 15.1 Å². The van der Waals surface area contributed by atoms with Crippen molar-refractivity contribution in [1.29, 1.82) is 0 Å². The van der Waals surface area contributed by atoms with Crippen LogP contribution < -0.4 is 0 Å². The van der Waals surface area contributed by atoms with Crippen molar-refractivity contribution < 1.29 is 23.9 Å². The maximum atomic E-state index is 9.54. The second-order valence-electron chi connectivity index (χ2n) is 12.1. The number of furan rings is 2. The molecule has 0 saturated heterocycles. The quantitative estimate of drug-likeness (QED) is 0.185. The molecule has 0 saturated carbocycles. The van der Waals surface area contributed by atoms with Crippen molar-refractivity contribution >= 4 is 43.9 Å². The van der Waals surface area contributed by atoms with Gasteiger partial charge in [0, 0.05) is 21.5 Å². The fourth-order valence-corrected chi connectivity index (χ4v) is 6.67. The summed E-state index contributed by atoms with van der Waals surface area (Å²) in [5.74, 6) is 0. The minimum atomic E-state index is -0.665. The average Bonchev–Trinajstić information content (AvgIpc) is 3.87. The zero-order valence-corrected chi connectivity index (χ0v) is 26.3. The summed E-state index contributed by atoms with van der Waals surface area (Å²) in [4.78, 5) is 0. The van der Waals surface area contributed by atoms with Crippen LogP contribution in [0.4, 0.5) is 0 Å². The lowest BCUT2D eigenvalue weighted by Crippen LogP contribution is -1.88. The van der Waals surface area contributed by atoms with Crippen LogP contribution in [0.5, 0.6) is 0 Å². The van der Waals surface area contributed by atoms with E-state index in [2.05, 4.69) is 0 Å². The molecule has 2 aromatic heterocycles. The molecule has 0 aliphatic heterocycles. The Morgan fingerprint density at radius 1 is 0.340 bits per heavy atom. The fourth-order valence-electron chi connectivity index (χ4n) is 6.67. The van der Waals surface area contributed by atoms with Crippen molar-refractivity contribution in [3.8, 4) is 55.6 Å². The Morgan fingerprint density at radius 3 is 1.84 bits per heavy atom. The lowest BCUT2D eigenvalue weighted by molar-refractivity contribution is 0.668. The summed E-state index contributed by atoms with van der Waals surface area (Å²) in [6.07, 6.45) is 0. The first kappa shape index (κ1) is 19.4. The van der Waals surface area contributed by atoms with Gasteiger partial charge in [-0.2, -0.15) is 0 Å². The van der Waals surface area contributed by atoms with Gasteiger partial charge in [-0.15, -0.1) is 0 Å². The highest BCUT2D eigenvalue weighted by molar-refractivity contribution is 6.14. The predicted molar refractivity (Wildman–Crippen MR) is 208 cm³/mol. The molecule has 2 nitrogen and oxygen atoms in total. The molecule has 10 aromatic rings. The van der Waals surface area contributed by atoms with Gasteiger partial charge in [0.15, 0.2) is 0 Å². The van der Waals surface area contributed by atoms with Gasteiger partial charge in [0.25, 0.3) is 0 Å². The van der Waals surface area contributed by atoms with Crippen LogP contribution in [-0.2, 0) is 0 Å². The standard InChI is InChI=1S/C48H30O2/c1-3-10-31(11-4-1)33-18-20-34(21-19-33)37-26-38(36-22-24-42-41-14-7-8-16-44(41)50-47(42)30-36)28-39(27-37)40-15-9-17-46-48(40)43-29-35(23-25-45(43)49-46)32-12-5-2-6-13-32/h1-30H/i2D,5D,6D,9D,12D,13D,15D,17D,23D,25D,29D. The smallest absolute Gasteiger partial charge is 0.136 e. The van der Waals surface area contributed by atoms with Gasteiger partial charge in [-0.1, -0.05) is 127 Å². The number of hydrogen-bond donors (Lipinski definition) is 0. The Morgan fingerprint density at radius 2 is 1.00 bits per heavy atom. The normalized spacial score (nSPS) is 14.7. The van der Waals surface area contributed by atoms with Crippen LogP contribution in [0.3, 0.4) is 0 Å². The molecule has 0 amide bonds. The average molecular weight is 650 g/mol. The first-order chi connectivity index (χ1) is 29.3. The van der Waals surface area contributed by atoms with Crippen LogP contribution in [-0.4, -0.2) is 0 Å². The molecular formula is C48H30O2. The number of hydrogen-bond acceptors (Lipinski definition) is 2. The molecule has 234 valence electrons. The SMILES string of the molecule is [2H]c1c([2H])c([2H])c(-c2c([2H])c([2H])c3oc4c([2H])c([2H])c([2H])c(-c5cc(-c6ccc(-c7ccccc7)cc6)cc(-c6ccc7c(c6)oc6ccccc67)c5)c4c3c2[2H])c([2H])c1[2H]. The zero-order chi connectivity index (χ0) is 42.6. The van der Waals surface area contributed by atoms with Crippen molar-refractivity contribution in [2.24, 2.45) is 0 Å². The minimum absolute atomic E-state index is 0.0587. The van der Waals surface area contributed by atoms with Gasteiger partial charge in [0.2, 0.25) is 0 Å². The summed E-state index contributed by atoms with van der Waals surface area (Å²) in [6, 6.07) is 31.3. The third-order valence-corrected chi connectivity index (χ3v) is 9.08. The zero-order valence-electron chi connectivity index (χ0n) is 37.3. The highest BCUT2D eigenvalue weighted by atomic mass is 16.3. The number of benzene rings is 8. The molecule has 2 heteroatoms. The van der Waals surface area contributed by atoms with E-state index in [1.165, 1.54) is 0 Å². The second kappa shape index (κ2) is 11.5. The maximum absolute atomic E-state index is 9.54. The highest BCUT2D eigenvalue weighted by Gasteiger charge is 2.16. The molecule has 0 N–H and O–H groups in total. The first-order valence-corrected chi connectivity index (χ1v) is 16.1. The molecule has 0 aliphatic rings. The van der Waals surface area contributed by atoms with Gasteiger partial charge < -0.3 is 8.83 Å². The fraction of sp³-hybridized carbons (Fsp3) is 0. The van der Waals surface area contributed by atoms with Gasteiger partial charge in [-0.05, 0) is 110 Å². The van der Waals surface area contributed by atoms with Crippen LogP contribution >= 0.6 is 0 Å². The summed E-state index contributed by atoms with van der Waals surface area (Å²) in [6.45, 7) is 0. The lowest BCUT2D eigenvalue weighted by atomic mass is 9.90. The van der Waals surface area contributed by atoms with Crippen molar-refractivity contribution in [2.75, 3.05) is 0 Å². The summed E-state index contributed by atoms with van der Waals surface area (Å²) < 4.78 is 109. The highest BCUT2D eigenvalue weighted by Crippen LogP contribution is 2.42. The predicted octanol–water partition coefficient (Wildman–Crippen LogP) is 13.8. The van der Waals surface area contributed by atoms with E-state index in [0.29, 0.717) is 11.1 Å². The van der Waals surface area contributed by atoms with E-state index in [9.17, 15) is 2.74 Å². The van der Waals surface area contributed by atoms with E-state index in [0.717, 1.165) is 49.7 Å². The van der Waals surface area contributed by atoms with E-state index in [-0.39, 0.29) is 39.1 Å². The van der Waals surface area contributed by atoms with Crippen molar-refractivity contribution in [1.82, 2.24) is 0 Å². The van der Waals surface area contributed by atoms with Crippen molar-refractivity contribution in [2.45, 2.75) is 0 Å². The van der Waals surface area contributed by atoms with Crippen LogP contribution in [0.25, 0.3) is 99.5 Å². The number of para-hydroxylation sites is 1. The van der Waals surface area contributed by atoms with E-state index in [1.807, 2.05) is 115 Å². The first-order valence-electron chi connectivity index (χ1n) is 21.6. The van der Waals surface area contributed by atoms with Gasteiger partial charge in [-0.25, -0.2) is 0 Å². The molecule has 0 unspecified atom stereocenters. The topological polar surface area (TPSA) is 26.3 Å². The van der Waals surface area contributed by atoms with Crippen LogP contribution in [0, 0.1) is 0 Å². The molecule has 0 atom stereocenters. The Labute approximate surface area is 304 Å². The number of rotatable bonds is 5. The maximum Gasteiger partial charge on any atom is 0.136 e. The lowest BCUT2D eigenvalue weighted by Gasteiger charge is -2.13. The molecule has 0 spiro atoms. The van der Waals surface area contributed by atoms with Crippen molar-refractivity contribution in [3.63, 3.8) is 0 Å². The summed E-state index contributed by atoms with van der Waals surface area (Å²) in [7, 11) is 0. The van der Waals surface area contributed by atoms with Gasteiger partial charge >= 0.3 is 0 Å². The third-order valence-electron chi connectivity index (χ3n) is 9.08. The molecule has 0 aliphatic carbocycles. The van der Waals surface area contributed by atoms with E-state index >= 15 is 0 Å². The van der Waals surface area contributed by atoms with Crippen LogP contribution in [0.15, 0.2) is 191 Å².